The van der Waals surface area contributed by atoms with E-state index in [9.17, 15) is 18.0 Å². The molecule has 0 aromatic heterocycles. The van der Waals surface area contributed by atoms with Gasteiger partial charge in [-0.3, -0.25) is 9.59 Å². The molecule has 1 heterocycles. The fraction of sp³-hybridized carbons (Fsp3) is 0.462. The minimum Gasteiger partial charge on any atom is -0.491 e. The maximum atomic E-state index is 13.2. The lowest BCUT2D eigenvalue weighted by Gasteiger charge is -2.34. The molecular weight excluding hydrogens is 466 g/mol. The number of amides is 2. The van der Waals surface area contributed by atoms with Gasteiger partial charge in [-0.15, -0.1) is 0 Å². The van der Waals surface area contributed by atoms with Crippen molar-refractivity contribution in [3.63, 3.8) is 0 Å². The fourth-order valence-corrected chi connectivity index (χ4v) is 6.00. The number of aryl methyl sites for hydroxylation is 2. The van der Waals surface area contributed by atoms with Crippen molar-refractivity contribution >= 4 is 21.8 Å². The van der Waals surface area contributed by atoms with Gasteiger partial charge in [0.1, 0.15) is 5.75 Å². The molecule has 0 radical (unpaired) electrons. The summed E-state index contributed by atoms with van der Waals surface area (Å²) in [6.45, 7) is 4.76. The SMILES string of the molecule is CC(C)Oc1ccc(C(=O)NCC(=O)N2CCN(S(=O)(=O)c3ccc4c(c3)CCCC4)CC2)cc1. The molecule has 0 unspecified atom stereocenters. The maximum Gasteiger partial charge on any atom is 0.251 e. The molecule has 2 amide bonds. The summed E-state index contributed by atoms with van der Waals surface area (Å²) in [5, 5.41) is 2.65. The van der Waals surface area contributed by atoms with E-state index >= 15 is 0 Å². The standard InChI is InChI=1S/C26H33N3O5S/c1-19(2)34-23-10-7-21(8-11-23)26(31)27-18-25(30)28-13-15-29(16-14-28)35(32,33)24-12-9-20-5-3-4-6-22(20)17-24/h7-12,17,19H,3-6,13-16,18H2,1-2H3,(H,27,31). The van der Waals surface area contributed by atoms with Crippen LogP contribution in [0.1, 0.15) is 48.2 Å². The first-order valence-electron chi connectivity index (χ1n) is 12.2. The van der Waals surface area contributed by atoms with Crippen LogP contribution in [0.4, 0.5) is 0 Å². The third kappa shape index (κ3) is 6.02. The van der Waals surface area contributed by atoms with Crippen LogP contribution in [0.2, 0.25) is 0 Å². The van der Waals surface area contributed by atoms with E-state index in [1.54, 1.807) is 35.2 Å². The molecule has 0 atom stereocenters. The van der Waals surface area contributed by atoms with Crippen molar-refractivity contribution in [2.24, 2.45) is 0 Å². The van der Waals surface area contributed by atoms with E-state index in [1.807, 2.05) is 26.0 Å². The van der Waals surface area contributed by atoms with Crippen LogP contribution < -0.4 is 10.1 Å². The Morgan fingerprint density at radius 3 is 2.26 bits per heavy atom. The third-order valence-electron chi connectivity index (χ3n) is 6.44. The minimum atomic E-state index is -3.60. The van der Waals surface area contributed by atoms with Crippen molar-refractivity contribution in [3.05, 3.63) is 59.2 Å². The Hall–Kier alpha value is -2.91. The number of carbonyl (C=O) groups is 2. The van der Waals surface area contributed by atoms with Gasteiger partial charge in [-0.1, -0.05) is 6.07 Å². The molecule has 2 aromatic rings. The Morgan fingerprint density at radius 2 is 1.60 bits per heavy atom. The van der Waals surface area contributed by atoms with E-state index < -0.39 is 10.0 Å². The Morgan fingerprint density at radius 1 is 0.943 bits per heavy atom. The highest BCUT2D eigenvalue weighted by Crippen LogP contribution is 2.26. The molecule has 1 aliphatic heterocycles. The van der Waals surface area contributed by atoms with Gasteiger partial charge in [0.15, 0.2) is 0 Å². The van der Waals surface area contributed by atoms with Crippen LogP contribution in [0.5, 0.6) is 5.75 Å². The van der Waals surface area contributed by atoms with Crippen LogP contribution in [0.15, 0.2) is 47.4 Å². The summed E-state index contributed by atoms with van der Waals surface area (Å²) in [6, 6.07) is 12.2. The Kier molecular flexibility index (Phi) is 7.76. The van der Waals surface area contributed by atoms with Gasteiger partial charge >= 0.3 is 0 Å². The summed E-state index contributed by atoms with van der Waals surface area (Å²) in [6.07, 6.45) is 4.20. The number of ether oxygens (including phenoxy) is 1. The number of nitrogens with zero attached hydrogens (tertiary/aromatic N) is 2. The quantitative estimate of drug-likeness (QED) is 0.632. The minimum absolute atomic E-state index is 0.0424. The van der Waals surface area contributed by atoms with E-state index in [1.165, 1.54) is 9.87 Å². The van der Waals surface area contributed by atoms with Crippen molar-refractivity contribution in [2.75, 3.05) is 32.7 Å². The predicted octanol–water partition coefficient (Wildman–Crippen LogP) is 2.62. The van der Waals surface area contributed by atoms with E-state index in [0.717, 1.165) is 31.2 Å². The number of carbonyl (C=O) groups excluding carboxylic acids is 2. The molecule has 4 rings (SSSR count). The van der Waals surface area contributed by atoms with Crippen LogP contribution >= 0.6 is 0 Å². The van der Waals surface area contributed by atoms with E-state index in [4.69, 9.17) is 4.74 Å². The van der Waals surface area contributed by atoms with Gasteiger partial charge in [0.05, 0.1) is 17.5 Å². The summed E-state index contributed by atoms with van der Waals surface area (Å²) in [4.78, 5) is 26.9. The number of sulfonamides is 1. The van der Waals surface area contributed by atoms with Crippen LogP contribution in [-0.2, 0) is 27.7 Å². The van der Waals surface area contributed by atoms with Crippen molar-refractivity contribution in [2.45, 2.75) is 50.5 Å². The lowest BCUT2D eigenvalue weighted by Crippen LogP contribution is -2.52. The van der Waals surface area contributed by atoms with Gasteiger partial charge in [0, 0.05) is 31.7 Å². The zero-order valence-electron chi connectivity index (χ0n) is 20.3. The molecule has 0 bridgehead atoms. The summed E-state index contributed by atoms with van der Waals surface area (Å²) < 4.78 is 33.3. The molecule has 1 saturated heterocycles. The monoisotopic (exact) mass is 499 g/mol. The number of nitrogens with one attached hydrogen (secondary N) is 1. The Bertz CT molecular complexity index is 1170. The first kappa shape index (κ1) is 25.2. The highest BCUT2D eigenvalue weighted by Gasteiger charge is 2.30. The molecule has 1 fully saturated rings. The highest BCUT2D eigenvalue weighted by atomic mass is 32.2. The zero-order chi connectivity index (χ0) is 25.0. The average molecular weight is 500 g/mol. The smallest absolute Gasteiger partial charge is 0.251 e. The largest absolute Gasteiger partial charge is 0.491 e. The van der Waals surface area contributed by atoms with Gasteiger partial charge in [0.25, 0.3) is 5.91 Å². The number of hydrogen-bond donors (Lipinski definition) is 1. The number of piperazine rings is 1. The zero-order valence-corrected chi connectivity index (χ0v) is 21.1. The second-order valence-electron chi connectivity index (χ2n) is 9.30. The summed E-state index contributed by atoms with van der Waals surface area (Å²) >= 11 is 0. The number of benzene rings is 2. The maximum absolute atomic E-state index is 13.2. The average Bonchev–Trinajstić information content (AvgIpc) is 2.87. The van der Waals surface area contributed by atoms with Crippen molar-refractivity contribution in [1.29, 1.82) is 0 Å². The normalized spacial score (nSPS) is 16.6. The van der Waals surface area contributed by atoms with Crippen molar-refractivity contribution < 1.29 is 22.7 Å². The topological polar surface area (TPSA) is 96.0 Å². The molecule has 35 heavy (non-hydrogen) atoms. The van der Waals surface area contributed by atoms with Crippen molar-refractivity contribution in [3.8, 4) is 5.75 Å². The van der Waals surface area contributed by atoms with Crippen LogP contribution in [-0.4, -0.2) is 68.3 Å². The summed E-state index contributed by atoms with van der Waals surface area (Å²) in [7, 11) is -3.60. The van der Waals surface area contributed by atoms with Gasteiger partial charge in [-0.25, -0.2) is 8.42 Å². The van der Waals surface area contributed by atoms with Crippen LogP contribution in [0.25, 0.3) is 0 Å². The molecular formula is C26H33N3O5S. The van der Waals surface area contributed by atoms with Gasteiger partial charge in [0.2, 0.25) is 15.9 Å². The molecule has 2 aromatic carbocycles. The number of rotatable bonds is 7. The number of fused-ring (bicyclic) bond motifs is 1. The molecule has 0 saturated carbocycles. The van der Waals surface area contributed by atoms with E-state index in [0.29, 0.717) is 29.3 Å². The fourth-order valence-electron chi connectivity index (χ4n) is 4.52. The highest BCUT2D eigenvalue weighted by molar-refractivity contribution is 7.89. The molecule has 8 nitrogen and oxygen atoms in total. The number of hydrogen-bond acceptors (Lipinski definition) is 5. The van der Waals surface area contributed by atoms with E-state index in [2.05, 4.69) is 5.32 Å². The molecule has 2 aliphatic rings. The van der Waals surface area contributed by atoms with Gasteiger partial charge in [-0.05, 0) is 87.1 Å². The summed E-state index contributed by atoms with van der Waals surface area (Å²) in [5.74, 6) is 0.0999. The lowest BCUT2D eigenvalue weighted by atomic mass is 9.92. The Balaban J connectivity index is 1.28. The Labute approximate surface area is 207 Å². The second-order valence-corrected chi connectivity index (χ2v) is 11.2. The van der Waals surface area contributed by atoms with Crippen molar-refractivity contribution in [1.82, 2.24) is 14.5 Å². The van der Waals surface area contributed by atoms with Crippen LogP contribution in [0.3, 0.4) is 0 Å². The molecule has 188 valence electrons. The first-order chi connectivity index (χ1) is 16.7. The third-order valence-corrected chi connectivity index (χ3v) is 8.33. The molecule has 1 aliphatic carbocycles. The van der Waals surface area contributed by atoms with Gasteiger partial charge < -0.3 is 15.0 Å². The lowest BCUT2D eigenvalue weighted by molar-refractivity contribution is -0.131. The second kappa shape index (κ2) is 10.8. The molecule has 0 spiro atoms. The van der Waals surface area contributed by atoms with Crippen LogP contribution in [0, 0.1) is 0 Å². The van der Waals surface area contributed by atoms with E-state index in [-0.39, 0.29) is 37.6 Å². The predicted molar refractivity (Wildman–Crippen MR) is 133 cm³/mol. The van der Waals surface area contributed by atoms with Gasteiger partial charge in [-0.2, -0.15) is 4.31 Å². The molecule has 9 heteroatoms. The summed E-state index contributed by atoms with van der Waals surface area (Å²) in [5.41, 5.74) is 2.81. The first-order valence-corrected chi connectivity index (χ1v) is 13.6. The molecule has 1 N–H and O–H groups in total.